The number of carbonyl (C=O) groups excluding carboxylic acids is 2. The number of benzene rings is 1. The zero-order chi connectivity index (χ0) is 17.5. The summed E-state index contributed by atoms with van der Waals surface area (Å²) in [5.41, 5.74) is 1.84. The second-order valence-electron chi connectivity index (χ2n) is 6.28. The van der Waals surface area contributed by atoms with E-state index in [-0.39, 0.29) is 19.1 Å². The van der Waals surface area contributed by atoms with Gasteiger partial charge in [-0.25, -0.2) is 4.79 Å². The van der Waals surface area contributed by atoms with E-state index in [1.54, 1.807) is 6.07 Å². The average Bonchev–Trinajstić information content (AvgIpc) is 2.58. The van der Waals surface area contributed by atoms with Gasteiger partial charge in [0.1, 0.15) is 5.75 Å². The minimum Gasteiger partial charge on any atom is -0.482 e. The van der Waals surface area contributed by atoms with Gasteiger partial charge in [0, 0.05) is 18.8 Å². The quantitative estimate of drug-likeness (QED) is 0.808. The van der Waals surface area contributed by atoms with Crippen molar-refractivity contribution < 1.29 is 19.1 Å². The summed E-state index contributed by atoms with van der Waals surface area (Å²) in [6.45, 7) is 5.99. The van der Waals surface area contributed by atoms with Crippen LogP contribution < -0.4 is 10.1 Å². The Morgan fingerprint density at radius 3 is 2.83 bits per heavy atom. The maximum atomic E-state index is 12.3. The Morgan fingerprint density at radius 1 is 1.38 bits per heavy atom. The van der Waals surface area contributed by atoms with E-state index in [9.17, 15) is 9.59 Å². The summed E-state index contributed by atoms with van der Waals surface area (Å²) in [6, 6.07) is 5.46. The molecule has 0 aliphatic carbocycles. The zero-order valence-corrected chi connectivity index (χ0v) is 14.6. The SMILES string of the molecule is COC(=O)COc1ccc(NCC(=O)N2CCC[C@H](C)C2)c(C)c1. The van der Waals surface area contributed by atoms with Crippen molar-refractivity contribution in [2.45, 2.75) is 26.7 Å². The summed E-state index contributed by atoms with van der Waals surface area (Å²) in [7, 11) is 1.32. The molecule has 0 radical (unpaired) electrons. The Hall–Kier alpha value is -2.24. The number of hydrogen-bond acceptors (Lipinski definition) is 5. The van der Waals surface area contributed by atoms with E-state index in [0.29, 0.717) is 11.7 Å². The predicted molar refractivity (Wildman–Crippen MR) is 92.2 cm³/mol. The third kappa shape index (κ3) is 5.15. The number of piperidine rings is 1. The number of rotatable bonds is 6. The van der Waals surface area contributed by atoms with Crippen molar-refractivity contribution in [1.82, 2.24) is 4.90 Å². The van der Waals surface area contributed by atoms with Crippen LogP contribution in [0.15, 0.2) is 18.2 Å². The van der Waals surface area contributed by atoms with Crippen LogP contribution in [0, 0.1) is 12.8 Å². The first-order chi connectivity index (χ1) is 11.5. The molecule has 6 nitrogen and oxygen atoms in total. The minimum absolute atomic E-state index is 0.117. The van der Waals surface area contributed by atoms with Gasteiger partial charge in [0.05, 0.1) is 13.7 Å². The van der Waals surface area contributed by atoms with Gasteiger partial charge in [-0.2, -0.15) is 0 Å². The largest absolute Gasteiger partial charge is 0.482 e. The number of ether oxygens (including phenoxy) is 2. The van der Waals surface area contributed by atoms with Crippen LogP contribution in [0.25, 0.3) is 0 Å². The highest BCUT2D eigenvalue weighted by Crippen LogP contribution is 2.22. The fourth-order valence-electron chi connectivity index (χ4n) is 2.82. The van der Waals surface area contributed by atoms with E-state index in [1.807, 2.05) is 24.0 Å². The number of anilines is 1. The minimum atomic E-state index is -0.420. The Kier molecular flexibility index (Phi) is 6.46. The van der Waals surface area contributed by atoms with Crippen LogP contribution in [0.3, 0.4) is 0 Å². The van der Waals surface area contributed by atoms with Gasteiger partial charge in [-0.05, 0) is 49.4 Å². The summed E-state index contributed by atoms with van der Waals surface area (Å²) >= 11 is 0. The van der Waals surface area contributed by atoms with Gasteiger partial charge in [0.25, 0.3) is 0 Å². The molecule has 0 spiro atoms. The van der Waals surface area contributed by atoms with Crippen LogP contribution in [-0.2, 0) is 14.3 Å². The van der Waals surface area contributed by atoms with Crippen molar-refractivity contribution in [3.63, 3.8) is 0 Å². The fraction of sp³-hybridized carbons (Fsp3) is 0.556. The molecular formula is C18H26N2O4. The first-order valence-corrected chi connectivity index (χ1v) is 8.31. The average molecular weight is 334 g/mol. The fourth-order valence-corrected chi connectivity index (χ4v) is 2.82. The van der Waals surface area contributed by atoms with E-state index in [0.717, 1.165) is 30.8 Å². The lowest BCUT2D eigenvalue weighted by atomic mass is 10.0. The molecule has 1 aliphatic rings. The van der Waals surface area contributed by atoms with Crippen LogP contribution in [-0.4, -0.2) is 50.1 Å². The standard InChI is InChI=1S/C18H26N2O4/c1-13-5-4-8-20(11-13)17(21)10-19-16-7-6-15(9-14(16)2)24-12-18(22)23-3/h6-7,9,13,19H,4-5,8,10-12H2,1-3H3/t13-/m0/s1. The summed E-state index contributed by atoms with van der Waals surface area (Å²) in [5, 5.41) is 3.19. The molecule has 132 valence electrons. The van der Waals surface area contributed by atoms with E-state index in [1.165, 1.54) is 13.5 Å². The number of methoxy groups -OCH3 is 1. The molecule has 1 saturated heterocycles. The Bertz CT molecular complexity index is 588. The van der Waals surface area contributed by atoms with Crippen molar-refractivity contribution in [3.05, 3.63) is 23.8 Å². The van der Waals surface area contributed by atoms with Crippen LogP contribution in [0.5, 0.6) is 5.75 Å². The monoisotopic (exact) mass is 334 g/mol. The molecule has 1 atom stereocenters. The molecule has 6 heteroatoms. The van der Waals surface area contributed by atoms with E-state index in [4.69, 9.17) is 4.74 Å². The number of aryl methyl sites for hydroxylation is 1. The van der Waals surface area contributed by atoms with Crippen LogP contribution >= 0.6 is 0 Å². The lowest BCUT2D eigenvalue weighted by Crippen LogP contribution is -2.42. The zero-order valence-electron chi connectivity index (χ0n) is 14.6. The number of likely N-dealkylation sites (tertiary alicyclic amines) is 1. The number of amides is 1. The van der Waals surface area contributed by atoms with Crippen LogP contribution in [0.1, 0.15) is 25.3 Å². The maximum Gasteiger partial charge on any atom is 0.343 e. The molecule has 1 aliphatic heterocycles. The molecule has 1 N–H and O–H groups in total. The normalized spacial score (nSPS) is 17.3. The topological polar surface area (TPSA) is 67.9 Å². The summed E-state index contributed by atoms with van der Waals surface area (Å²) in [4.78, 5) is 25.3. The number of carbonyl (C=O) groups is 2. The molecule has 0 saturated carbocycles. The van der Waals surface area contributed by atoms with Crippen LogP contribution in [0.2, 0.25) is 0 Å². The Balaban J connectivity index is 1.86. The van der Waals surface area contributed by atoms with Crippen molar-refractivity contribution in [2.24, 2.45) is 5.92 Å². The van der Waals surface area contributed by atoms with Crippen molar-refractivity contribution in [2.75, 3.05) is 38.7 Å². The lowest BCUT2D eigenvalue weighted by Gasteiger charge is -2.31. The van der Waals surface area contributed by atoms with Gasteiger partial charge in [0.15, 0.2) is 6.61 Å². The second kappa shape index (κ2) is 8.57. The molecular weight excluding hydrogens is 308 g/mol. The first-order valence-electron chi connectivity index (χ1n) is 8.31. The molecule has 1 aromatic rings. The van der Waals surface area contributed by atoms with Crippen molar-refractivity contribution >= 4 is 17.6 Å². The number of hydrogen-bond donors (Lipinski definition) is 1. The first kappa shape index (κ1) is 18.1. The number of nitrogens with one attached hydrogen (secondary N) is 1. The lowest BCUT2D eigenvalue weighted by molar-refractivity contribution is -0.142. The summed E-state index contributed by atoms with van der Waals surface area (Å²) in [6.07, 6.45) is 2.28. The van der Waals surface area contributed by atoms with Crippen molar-refractivity contribution in [1.29, 1.82) is 0 Å². The van der Waals surface area contributed by atoms with E-state index >= 15 is 0 Å². The molecule has 0 aromatic heterocycles. The summed E-state index contributed by atoms with van der Waals surface area (Å²) < 4.78 is 9.89. The highest BCUT2D eigenvalue weighted by atomic mass is 16.6. The third-order valence-corrected chi connectivity index (χ3v) is 4.22. The van der Waals surface area contributed by atoms with Crippen LogP contribution in [0.4, 0.5) is 5.69 Å². The predicted octanol–water partition coefficient (Wildman–Crippen LogP) is 2.22. The molecule has 1 aromatic carbocycles. The third-order valence-electron chi connectivity index (χ3n) is 4.22. The summed E-state index contributed by atoms with van der Waals surface area (Å²) in [5.74, 6) is 0.887. The molecule has 1 heterocycles. The molecule has 0 bridgehead atoms. The highest BCUT2D eigenvalue weighted by Gasteiger charge is 2.20. The van der Waals surface area contributed by atoms with Gasteiger partial charge in [-0.15, -0.1) is 0 Å². The second-order valence-corrected chi connectivity index (χ2v) is 6.28. The van der Waals surface area contributed by atoms with Gasteiger partial charge in [-0.1, -0.05) is 6.92 Å². The molecule has 1 amide bonds. The molecule has 0 unspecified atom stereocenters. The molecule has 2 rings (SSSR count). The smallest absolute Gasteiger partial charge is 0.343 e. The van der Waals surface area contributed by atoms with E-state index in [2.05, 4.69) is 17.0 Å². The van der Waals surface area contributed by atoms with Gasteiger partial charge in [-0.3, -0.25) is 4.79 Å². The molecule has 24 heavy (non-hydrogen) atoms. The number of esters is 1. The van der Waals surface area contributed by atoms with Gasteiger partial charge >= 0.3 is 5.97 Å². The highest BCUT2D eigenvalue weighted by molar-refractivity contribution is 5.81. The maximum absolute atomic E-state index is 12.3. The van der Waals surface area contributed by atoms with Gasteiger partial charge in [0.2, 0.25) is 5.91 Å². The number of nitrogens with zero attached hydrogens (tertiary/aromatic N) is 1. The van der Waals surface area contributed by atoms with E-state index < -0.39 is 5.97 Å². The van der Waals surface area contributed by atoms with Gasteiger partial charge < -0.3 is 19.7 Å². The molecule has 1 fully saturated rings. The Labute approximate surface area is 143 Å². The Morgan fingerprint density at radius 2 is 2.17 bits per heavy atom. The van der Waals surface area contributed by atoms with Crippen molar-refractivity contribution in [3.8, 4) is 5.75 Å².